The van der Waals surface area contributed by atoms with E-state index in [4.69, 9.17) is 4.74 Å². The molecule has 1 aliphatic heterocycles. The Morgan fingerprint density at radius 1 is 1.39 bits per heavy atom. The molecule has 1 aliphatic rings. The molecule has 100 valence electrons. The average molecular weight is 267 g/mol. The van der Waals surface area contributed by atoms with Crippen LogP contribution >= 0.6 is 11.9 Å². The van der Waals surface area contributed by atoms with Gasteiger partial charge in [0.25, 0.3) is 0 Å². The first-order valence-electron chi connectivity index (χ1n) is 6.29. The predicted octanol–water partition coefficient (Wildman–Crippen LogP) is 2.34. The molecule has 0 atom stereocenters. The lowest BCUT2D eigenvalue weighted by Crippen LogP contribution is -2.43. The molecule has 1 fully saturated rings. The fraction of sp³-hybridized carbons (Fsp3) is 0.571. The van der Waals surface area contributed by atoms with E-state index in [9.17, 15) is 5.11 Å². The van der Waals surface area contributed by atoms with Crippen LogP contribution in [0.5, 0.6) is 5.75 Å². The fourth-order valence-corrected chi connectivity index (χ4v) is 2.97. The molecule has 0 spiro atoms. The summed E-state index contributed by atoms with van der Waals surface area (Å²) in [7, 11) is 1.67. The summed E-state index contributed by atoms with van der Waals surface area (Å²) < 4.78 is 7.52. The predicted molar refractivity (Wildman–Crippen MR) is 76.0 cm³/mol. The normalized spacial score (nSPS) is 19.7. The molecule has 3 nitrogen and oxygen atoms in total. The van der Waals surface area contributed by atoms with E-state index in [0.717, 1.165) is 37.2 Å². The molecular formula is C14H21NO2S. The van der Waals surface area contributed by atoms with Gasteiger partial charge >= 0.3 is 0 Å². The van der Waals surface area contributed by atoms with Crippen LogP contribution < -0.4 is 4.74 Å². The molecule has 4 heteroatoms. The Labute approximate surface area is 113 Å². The molecular weight excluding hydrogens is 246 g/mol. The number of ether oxygens (including phenoxy) is 1. The van der Waals surface area contributed by atoms with Crippen LogP contribution in [0.3, 0.4) is 0 Å². The van der Waals surface area contributed by atoms with E-state index < -0.39 is 5.60 Å². The van der Waals surface area contributed by atoms with Gasteiger partial charge in [-0.25, -0.2) is 0 Å². The maximum Gasteiger partial charge on any atom is 0.119 e. The van der Waals surface area contributed by atoms with Crippen molar-refractivity contribution in [2.45, 2.75) is 24.9 Å². The molecule has 0 amide bonds. The topological polar surface area (TPSA) is 32.7 Å². The van der Waals surface area contributed by atoms with E-state index in [1.165, 1.54) is 0 Å². The quantitative estimate of drug-likeness (QED) is 0.849. The highest BCUT2D eigenvalue weighted by atomic mass is 32.2. The Kier molecular flexibility index (Phi) is 4.54. The lowest BCUT2D eigenvalue weighted by Gasteiger charge is -2.37. The molecule has 0 saturated carbocycles. The molecule has 0 unspecified atom stereocenters. The Morgan fingerprint density at radius 2 is 2.11 bits per heavy atom. The standard InChI is InChI=1S/C14H21NO2S/c1-17-13-5-3-4-12(10-13)11-14(16)6-8-15(18-2)9-7-14/h3-5,10,16H,6-9,11H2,1-2H3. The summed E-state index contributed by atoms with van der Waals surface area (Å²) in [5.74, 6) is 0.859. The molecule has 1 aromatic rings. The average Bonchev–Trinajstić information content (AvgIpc) is 2.39. The molecule has 0 aliphatic carbocycles. The van der Waals surface area contributed by atoms with Crippen LogP contribution in [0.2, 0.25) is 0 Å². The minimum atomic E-state index is -0.557. The largest absolute Gasteiger partial charge is 0.497 e. The Balaban J connectivity index is 1.99. The highest BCUT2D eigenvalue weighted by molar-refractivity contribution is 7.96. The maximum atomic E-state index is 10.6. The summed E-state index contributed by atoms with van der Waals surface area (Å²) >= 11 is 1.76. The van der Waals surface area contributed by atoms with Crippen molar-refractivity contribution in [1.82, 2.24) is 4.31 Å². The van der Waals surface area contributed by atoms with Crippen molar-refractivity contribution in [2.24, 2.45) is 0 Å². The van der Waals surface area contributed by atoms with Crippen molar-refractivity contribution in [3.8, 4) is 5.75 Å². The first-order valence-corrected chi connectivity index (χ1v) is 7.48. The molecule has 2 rings (SSSR count). The second-order valence-corrected chi connectivity index (χ2v) is 5.75. The summed E-state index contributed by atoms with van der Waals surface area (Å²) in [6.45, 7) is 1.92. The van der Waals surface area contributed by atoms with E-state index in [1.54, 1.807) is 19.1 Å². The molecule has 1 saturated heterocycles. The van der Waals surface area contributed by atoms with Gasteiger partial charge in [-0.15, -0.1) is 0 Å². The van der Waals surface area contributed by atoms with Crippen molar-refractivity contribution in [1.29, 1.82) is 0 Å². The first kappa shape index (κ1) is 13.7. The van der Waals surface area contributed by atoms with Crippen LogP contribution in [0.1, 0.15) is 18.4 Å². The zero-order valence-electron chi connectivity index (χ0n) is 11.1. The molecule has 0 radical (unpaired) electrons. The second kappa shape index (κ2) is 5.95. The highest BCUT2D eigenvalue weighted by Gasteiger charge is 2.32. The second-order valence-electron chi connectivity index (χ2n) is 4.86. The van der Waals surface area contributed by atoms with Gasteiger partial charge in [0.1, 0.15) is 5.75 Å². The third-order valence-electron chi connectivity index (χ3n) is 3.58. The van der Waals surface area contributed by atoms with Gasteiger partial charge in [0.15, 0.2) is 0 Å². The molecule has 0 aromatic heterocycles. The molecule has 1 aromatic carbocycles. The Morgan fingerprint density at radius 3 is 2.72 bits per heavy atom. The summed E-state index contributed by atoms with van der Waals surface area (Å²) in [5, 5.41) is 10.6. The maximum absolute atomic E-state index is 10.6. The summed E-state index contributed by atoms with van der Waals surface area (Å²) in [5.41, 5.74) is 0.591. The summed E-state index contributed by atoms with van der Waals surface area (Å²) in [6, 6.07) is 7.98. The van der Waals surface area contributed by atoms with Crippen LogP contribution in [0.4, 0.5) is 0 Å². The lowest BCUT2D eigenvalue weighted by atomic mass is 9.86. The number of hydrogen-bond donors (Lipinski definition) is 1. The number of piperidine rings is 1. The van der Waals surface area contributed by atoms with Crippen molar-refractivity contribution in [3.63, 3.8) is 0 Å². The van der Waals surface area contributed by atoms with Crippen LogP contribution in [-0.2, 0) is 6.42 Å². The van der Waals surface area contributed by atoms with Crippen molar-refractivity contribution in [2.75, 3.05) is 26.5 Å². The smallest absolute Gasteiger partial charge is 0.119 e. The van der Waals surface area contributed by atoms with E-state index in [1.807, 2.05) is 18.2 Å². The van der Waals surface area contributed by atoms with Gasteiger partial charge in [-0.3, -0.25) is 4.31 Å². The monoisotopic (exact) mass is 267 g/mol. The fourth-order valence-electron chi connectivity index (χ4n) is 2.42. The third-order valence-corrected chi connectivity index (χ3v) is 4.46. The van der Waals surface area contributed by atoms with E-state index >= 15 is 0 Å². The first-order chi connectivity index (χ1) is 8.65. The number of hydrogen-bond acceptors (Lipinski definition) is 4. The minimum absolute atomic E-state index is 0.557. The third kappa shape index (κ3) is 3.40. The Hall–Kier alpha value is -0.710. The van der Waals surface area contributed by atoms with E-state index in [-0.39, 0.29) is 0 Å². The molecule has 18 heavy (non-hydrogen) atoms. The zero-order chi connectivity index (χ0) is 13.0. The van der Waals surface area contributed by atoms with Crippen molar-refractivity contribution >= 4 is 11.9 Å². The zero-order valence-corrected chi connectivity index (χ0v) is 11.9. The van der Waals surface area contributed by atoms with Gasteiger partial charge < -0.3 is 9.84 Å². The lowest BCUT2D eigenvalue weighted by molar-refractivity contribution is -0.00280. The van der Waals surface area contributed by atoms with Crippen LogP contribution in [0.15, 0.2) is 24.3 Å². The van der Waals surface area contributed by atoms with Crippen LogP contribution in [-0.4, -0.2) is 41.5 Å². The number of aliphatic hydroxyl groups is 1. The van der Waals surface area contributed by atoms with Gasteiger partial charge in [-0.05, 0) is 36.8 Å². The molecule has 0 bridgehead atoms. The molecule has 1 N–H and O–H groups in total. The number of nitrogens with zero attached hydrogens (tertiary/aromatic N) is 1. The van der Waals surface area contributed by atoms with Crippen LogP contribution in [0.25, 0.3) is 0 Å². The minimum Gasteiger partial charge on any atom is -0.497 e. The summed E-state index contributed by atoms with van der Waals surface area (Å²) in [6.07, 6.45) is 4.48. The highest BCUT2D eigenvalue weighted by Crippen LogP contribution is 2.29. The van der Waals surface area contributed by atoms with Crippen LogP contribution in [0, 0.1) is 0 Å². The van der Waals surface area contributed by atoms with Crippen molar-refractivity contribution < 1.29 is 9.84 Å². The van der Waals surface area contributed by atoms with Crippen molar-refractivity contribution in [3.05, 3.63) is 29.8 Å². The number of benzene rings is 1. The van der Waals surface area contributed by atoms with E-state index in [2.05, 4.69) is 16.6 Å². The van der Waals surface area contributed by atoms with Gasteiger partial charge in [-0.1, -0.05) is 24.1 Å². The summed E-state index contributed by atoms with van der Waals surface area (Å²) in [4.78, 5) is 0. The molecule has 1 heterocycles. The van der Waals surface area contributed by atoms with Gasteiger partial charge in [0.2, 0.25) is 0 Å². The number of methoxy groups -OCH3 is 1. The van der Waals surface area contributed by atoms with Gasteiger partial charge in [-0.2, -0.15) is 0 Å². The van der Waals surface area contributed by atoms with Gasteiger partial charge in [0.05, 0.1) is 12.7 Å². The number of rotatable bonds is 4. The Bertz CT molecular complexity index is 389. The van der Waals surface area contributed by atoms with E-state index in [0.29, 0.717) is 6.42 Å². The SMILES string of the molecule is COc1cccc(CC2(O)CCN(SC)CC2)c1. The van der Waals surface area contributed by atoms with Gasteiger partial charge in [0, 0.05) is 19.5 Å².